The number of pyridine rings is 1. The Morgan fingerprint density at radius 1 is 1.32 bits per heavy atom. The Morgan fingerprint density at radius 3 is 2.79 bits per heavy atom. The van der Waals surface area contributed by atoms with Crippen molar-refractivity contribution in [1.29, 1.82) is 0 Å². The van der Waals surface area contributed by atoms with Crippen molar-refractivity contribution < 1.29 is 19.7 Å². The third-order valence-electron chi connectivity index (χ3n) is 2.33. The van der Waals surface area contributed by atoms with Crippen molar-refractivity contribution in [2.75, 3.05) is 0 Å². The lowest BCUT2D eigenvalue weighted by Gasteiger charge is -2.07. The highest BCUT2D eigenvalue weighted by molar-refractivity contribution is 6.33. The van der Waals surface area contributed by atoms with Gasteiger partial charge in [-0.15, -0.1) is 0 Å². The maximum atomic E-state index is 10.9. The van der Waals surface area contributed by atoms with E-state index in [1.54, 1.807) is 24.3 Å². The van der Waals surface area contributed by atoms with E-state index in [-0.39, 0.29) is 23.2 Å². The monoisotopic (exact) mass is 279 g/mol. The fraction of sp³-hybridized carbons (Fsp3) is 0.0769. The van der Waals surface area contributed by atoms with Gasteiger partial charge in [-0.2, -0.15) is 0 Å². The van der Waals surface area contributed by atoms with E-state index in [2.05, 4.69) is 4.98 Å². The molecule has 0 amide bonds. The number of hydrogen-bond acceptors (Lipinski definition) is 4. The number of ether oxygens (including phenoxy) is 1. The number of nitrogens with zero attached hydrogens (tertiary/aromatic N) is 1. The number of benzene rings is 1. The van der Waals surface area contributed by atoms with E-state index in [4.69, 9.17) is 26.6 Å². The number of hydrogen-bond donors (Lipinski definition) is 2. The predicted molar refractivity (Wildman–Crippen MR) is 68.6 cm³/mol. The Hall–Kier alpha value is -2.11. The molecule has 6 heteroatoms. The number of carboxylic acid groups (broad SMARTS) is 1. The first kappa shape index (κ1) is 13.3. The van der Waals surface area contributed by atoms with Crippen LogP contribution in [0.2, 0.25) is 5.02 Å². The number of carboxylic acids is 1. The average Bonchev–Trinajstić information content (AvgIpc) is 2.41. The van der Waals surface area contributed by atoms with E-state index in [1.807, 2.05) is 0 Å². The Labute approximate surface area is 114 Å². The summed E-state index contributed by atoms with van der Waals surface area (Å²) < 4.78 is 5.42. The lowest BCUT2D eigenvalue weighted by atomic mass is 10.2. The lowest BCUT2D eigenvalue weighted by molar-refractivity contribution is 0.0690. The normalized spacial score (nSPS) is 10.2. The predicted octanol–water partition coefficient (Wildman–Crippen LogP) is 2.72. The van der Waals surface area contributed by atoms with Gasteiger partial charge in [-0.25, -0.2) is 9.78 Å². The second-order valence-electron chi connectivity index (χ2n) is 3.69. The molecule has 1 heterocycles. The molecule has 0 radical (unpaired) electrons. The minimum Gasteiger partial charge on any atom is -0.476 e. The molecular formula is C13H10ClNO4. The van der Waals surface area contributed by atoms with Gasteiger partial charge < -0.3 is 14.9 Å². The largest absolute Gasteiger partial charge is 0.476 e. The van der Waals surface area contributed by atoms with E-state index in [0.717, 1.165) is 0 Å². The van der Waals surface area contributed by atoms with Crippen LogP contribution < -0.4 is 4.74 Å². The van der Waals surface area contributed by atoms with E-state index in [0.29, 0.717) is 11.3 Å². The molecule has 0 unspecified atom stereocenters. The van der Waals surface area contributed by atoms with E-state index < -0.39 is 5.97 Å². The minimum atomic E-state index is -1.22. The average molecular weight is 280 g/mol. The number of aromatic nitrogens is 1. The van der Waals surface area contributed by atoms with Gasteiger partial charge in [0, 0.05) is 6.07 Å². The molecule has 2 N–H and O–H groups in total. The van der Waals surface area contributed by atoms with Crippen LogP contribution in [-0.4, -0.2) is 21.2 Å². The van der Waals surface area contributed by atoms with Gasteiger partial charge in [0.2, 0.25) is 5.88 Å². The number of aliphatic hydroxyl groups is 1. The van der Waals surface area contributed by atoms with E-state index in [9.17, 15) is 4.79 Å². The highest BCUT2D eigenvalue weighted by Crippen LogP contribution is 2.23. The van der Waals surface area contributed by atoms with Gasteiger partial charge in [-0.3, -0.25) is 0 Å². The molecule has 1 aromatic carbocycles. The molecule has 0 spiro atoms. The minimum absolute atomic E-state index is 0.0453. The van der Waals surface area contributed by atoms with Crippen LogP contribution in [-0.2, 0) is 6.61 Å². The van der Waals surface area contributed by atoms with Crippen molar-refractivity contribution in [3.8, 4) is 11.6 Å². The SMILES string of the molecule is O=C(O)c1nc(Oc2cccc(CO)c2)ccc1Cl. The summed E-state index contributed by atoms with van der Waals surface area (Å²) in [6.07, 6.45) is 0. The van der Waals surface area contributed by atoms with E-state index in [1.165, 1.54) is 12.1 Å². The standard InChI is InChI=1S/C13H10ClNO4/c14-10-4-5-11(15-12(10)13(17)18)19-9-3-1-2-8(6-9)7-16/h1-6,16H,7H2,(H,17,18). The van der Waals surface area contributed by atoms with Crippen LogP contribution in [0.15, 0.2) is 36.4 Å². The summed E-state index contributed by atoms with van der Waals surface area (Å²) in [7, 11) is 0. The summed E-state index contributed by atoms with van der Waals surface area (Å²) in [5.74, 6) is -0.644. The summed E-state index contributed by atoms with van der Waals surface area (Å²) in [6, 6.07) is 9.65. The summed E-state index contributed by atoms with van der Waals surface area (Å²) in [4.78, 5) is 14.7. The van der Waals surface area contributed by atoms with Gasteiger partial charge in [0.15, 0.2) is 5.69 Å². The lowest BCUT2D eigenvalue weighted by Crippen LogP contribution is -2.02. The van der Waals surface area contributed by atoms with Crippen molar-refractivity contribution >= 4 is 17.6 Å². The summed E-state index contributed by atoms with van der Waals surface area (Å²) in [6.45, 7) is -0.106. The molecule has 0 atom stereocenters. The van der Waals surface area contributed by atoms with Crippen LogP contribution in [0.4, 0.5) is 0 Å². The van der Waals surface area contributed by atoms with Crippen LogP contribution in [0.25, 0.3) is 0 Å². The zero-order valence-electron chi connectivity index (χ0n) is 9.71. The quantitative estimate of drug-likeness (QED) is 0.899. The van der Waals surface area contributed by atoms with E-state index >= 15 is 0 Å². The van der Waals surface area contributed by atoms with Gasteiger partial charge in [-0.05, 0) is 23.8 Å². The Kier molecular flexibility index (Phi) is 3.99. The van der Waals surface area contributed by atoms with Gasteiger partial charge in [0.1, 0.15) is 5.75 Å². The molecule has 2 aromatic rings. The zero-order chi connectivity index (χ0) is 13.8. The Bertz CT molecular complexity index is 615. The van der Waals surface area contributed by atoms with Gasteiger partial charge in [0.05, 0.1) is 11.6 Å². The maximum Gasteiger partial charge on any atom is 0.356 e. The van der Waals surface area contributed by atoms with Gasteiger partial charge in [0.25, 0.3) is 0 Å². The van der Waals surface area contributed by atoms with Crippen LogP contribution in [0.1, 0.15) is 16.1 Å². The van der Waals surface area contributed by atoms with Gasteiger partial charge >= 0.3 is 5.97 Å². The first-order valence-electron chi connectivity index (χ1n) is 5.37. The topological polar surface area (TPSA) is 79.7 Å². The summed E-state index contributed by atoms with van der Waals surface area (Å²) in [5.41, 5.74) is 0.419. The molecule has 19 heavy (non-hydrogen) atoms. The van der Waals surface area contributed by atoms with Crippen molar-refractivity contribution in [2.24, 2.45) is 0 Å². The molecule has 5 nitrogen and oxygen atoms in total. The summed E-state index contributed by atoms with van der Waals surface area (Å²) >= 11 is 5.71. The third-order valence-corrected chi connectivity index (χ3v) is 2.63. The second kappa shape index (κ2) is 5.69. The number of rotatable bonds is 4. The number of halogens is 1. The zero-order valence-corrected chi connectivity index (χ0v) is 10.5. The molecular weight excluding hydrogens is 270 g/mol. The molecule has 0 saturated heterocycles. The molecule has 0 saturated carbocycles. The molecule has 98 valence electrons. The first-order valence-corrected chi connectivity index (χ1v) is 5.75. The van der Waals surface area contributed by atoms with Crippen LogP contribution in [0.3, 0.4) is 0 Å². The Balaban J connectivity index is 2.28. The molecule has 1 aromatic heterocycles. The molecule has 0 aliphatic carbocycles. The maximum absolute atomic E-state index is 10.9. The Morgan fingerprint density at radius 2 is 2.11 bits per heavy atom. The number of aliphatic hydroxyl groups excluding tert-OH is 1. The fourth-order valence-electron chi connectivity index (χ4n) is 1.46. The smallest absolute Gasteiger partial charge is 0.356 e. The molecule has 2 rings (SSSR count). The van der Waals surface area contributed by atoms with Crippen molar-refractivity contribution in [3.05, 3.63) is 52.7 Å². The highest BCUT2D eigenvalue weighted by Gasteiger charge is 2.12. The third kappa shape index (κ3) is 3.21. The first-order chi connectivity index (χ1) is 9.10. The van der Waals surface area contributed by atoms with Crippen LogP contribution >= 0.6 is 11.6 Å². The molecule has 0 aliphatic rings. The number of carbonyl (C=O) groups is 1. The molecule has 0 bridgehead atoms. The van der Waals surface area contributed by atoms with Crippen LogP contribution in [0.5, 0.6) is 11.6 Å². The molecule has 0 fully saturated rings. The van der Waals surface area contributed by atoms with Crippen molar-refractivity contribution in [1.82, 2.24) is 4.98 Å². The van der Waals surface area contributed by atoms with Crippen molar-refractivity contribution in [2.45, 2.75) is 6.61 Å². The summed E-state index contributed by atoms with van der Waals surface area (Å²) in [5, 5.41) is 18.0. The fourth-order valence-corrected chi connectivity index (χ4v) is 1.65. The highest BCUT2D eigenvalue weighted by atomic mass is 35.5. The van der Waals surface area contributed by atoms with Gasteiger partial charge in [-0.1, -0.05) is 23.7 Å². The molecule has 0 aliphatic heterocycles. The second-order valence-corrected chi connectivity index (χ2v) is 4.10. The van der Waals surface area contributed by atoms with Crippen LogP contribution in [0, 0.1) is 0 Å². The number of aromatic carboxylic acids is 1. The van der Waals surface area contributed by atoms with Crippen molar-refractivity contribution in [3.63, 3.8) is 0 Å².